The average Bonchev–Trinajstić information content (AvgIpc) is 2.01. The smallest absolute Gasteiger partial charge is 0.395 e. The molecule has 1 heterocycles. The molecule has 0 aliphatic carbocycles. The zero-order valence-corrected chi connectivity index (χ0v) is 6.03. The van der Waals surface area contributed by atoms with Gasteiger partial charge in [0.1, 0.15) is 0 Å². The monoisotopic (exact) mass is 220 g/mol. The van der Waals surface area contributed by atoms with E-state index < -0.39 is 29.6 Å². The quantitative estimate of drug-likeness (QED) is 0.547. The minimum atomic E-state index is -6.05. The van der Waals surface area contributed by atoms with Crippen molar-refractivity contribution < 1.29 is 36.2 Å². The van der Waals surface area contributed by atoms with Crippen molar-refractivity contribution >= 4 is 11.8 Å². The Balaban J connectivity index is 3.42. The number of nitrogens with zero attached hydrogens (tertiary/aromatic N) is 1. The molecule has 1 aliphatic rings. The Morgan fingerprint density at radius 3 is 1.86 bits per heavy atom. The third kappa shape index (κ3) is 0.946. The zero-order valence-electron chi connectivity index (χ0n) is 6.03. The van der Waals surface area contributed by atoms with E-state index >= 15 is 0 Å². The Hall–Kier alpha value is -1.28. The van der Waals surface area contributed by atoms with Crippen LogP contribution >= 0.6 is 0 Å². The summed E-state index contributed by atoms with van der Waals surface area (Å²) in [6, 6.07) is 0. The molecule has 3 nitrogen and oxygen atoms in total. The lowest BCUT2D eigenvalue weighted by Crippen LogP contribution is -2.66. The van der Waals surface area contributed by atoms with E-state index in [0.717, 1.165) is 0 Å². The highest BCUT2D eigenvalue weighted by Gasteiger charge is 2.77. The number of hydrogen-bond donors (Lipinski definition) is 0. The highest BCUT2D eigenvalue weighted by molar-refractivity contribution is 6.01. The second-order valence-electron chi connectivity index (χ2n) is 2.45. The number of halogens is 6. The third-order valence-electron chi connectivity index (χ3n) is 1.53. The maximum absolute atomic E-state index is 12.3. The number of alkyl halides is 6. The average molecular weight is 220 g/mol. The van der Waals surface area contributed by atoms with Crippen LogP contribution in [0.25, 0.3) is 0 Å². The molecule has 0 atom stereocenters. The van der Waals surface area contributed by atoms with Crippen LogP contribution in [0, 0.1) is 0 Å². The second kappa shape index (κ2) is 2.39. The van der Waals surface area contributed by atoms with Gasteiger partial charge in [-0.15, -0.1) is 0 Å². The maximum Gasteiger partial charge on any atom is 0.395 e. The molecule has 1 amide bonds. The predicted octanol–water partition coefficient (Wildman–Crippen LogP) is 0.191. The molecule has 0 bridgehead atoms. The molecule has 0 aromatic heterocycles. The first-order valence-corrected chi connectivity index (χ1v) is 2.99. The molecular formula is C5F6NO2-. The number of rotatable bonds is 0. The van der Waals surface area contributed by atoms with Crippen molar-refractivity contribution in [1.82, 2.24) is 0 Å². The Morgan fingerprint density at radius 1 is 1.00 bits per heavy atom. The summed E-state index contributed by atoms with van der Waals surface area (Å²) in [5.74, 6) is -23.1. The summed E-state index contributed by atoms with van der Waals surface area (Å²) in [7, 11) is 0. The fourth-order valence-electron chi connectivity index (χ4n) is 0.698. The fourth-order valence-corrected chi connectivity index (χ4v) is 0.698. The highest BCUT2D eigenvalue weighted by Crippen LogP contribution is 2.48. The molecule has 0 aromatic rings. The van der Waals surface area contributed by atoms with Gasteiger partial charge in [-0.2, -0.15) is 26.3 Å². The predicted molar refractivity (Wildman–Crippen MR) is 27.3 cm³/mol. The van der Waals surface area contributed by atoms with E-state index in [1.807, 2.05) is 0 Å². The lowest BCUT2D eigenvalue weighted by Gasteiger charge is -2.37. The topological polar surface area (TPSA) is 52.5 Å². The van der Waals surface area contributed by atoms with Crippen molar-refractivity contribution in [3.8, 4) is 0 Å². The summed E-state index contributed by atoms with van der Waals surface area (Å²) in [6.07, 6.45) is 0. The van der Waals surface area contributed by atoms with Gasteiger partial charge in [0.2, 0.25) is 0 Å². The van der Waals surface area contributed by atoms with E-state index in [4.69, 9.17) is 0 Å². The van der Waals surface area contributed by atoms with Crippen LogP contribution in [0.4, 0.5) is 26.3 Å². The number of carbonyl (C=O) groups is 1. The normalized spacial score (nSPS) is 28.4. The highest BCUT2D eigenvalue weighted by atomic mass is 19.3. The van der Waals surface area contributed by atoms with Crippen molar-refractivity contribution in [3.63, 3.8) is 0 Å². The second-order valence-corrected chi connectivity index (χ2v) is 2.45. The van der Waals surface area contributed by atoms with Crippen LogP contribution in [-0.2, 0) is 4.79 Å². The van der Waals surface area contributed by atoms with Crippen molar-refractivity contribution in [3.05, 3.63) is 0 Å². The van der Waals surface area contributed by atoms with Crippen LogP contribution in [0.15, 0.2) is 4.99 Å². The van der Waals surface area contributed by atoms with Gasteiger partial charge in [0.25, 0.3) is 0 Å². The fraction of sp³-hybridized carbons (Fsp3) is 0.600. The lowest BCUT2D eigenvalue weighted by atomic mass is 10.0. The third-order valence-corrected chi connectivity index (χ3v) is 1.53. The molecule has 9 heteroatoms. The van der Waals surface area contributed by atoms with E-state index in [-0.39, 0.29) is 0 Å². The van der Waals surface area contributed by atoms with Gasteiger partial charge in [-0.1, -0.05) is 0 Å². The molecule has 0 spiro atoms. The standard InChI is InChI=1S/C5HF6NO2/c6-3(7)1(13)12-2(14)4(8,9)5(3,10)11/h(H,12,13,14)/p-1. The molecule has 0 N–H and O–H groups in total. The minimum Gasteiger partial charge on any atom is -0.857 e. The number of amides is 1. The molecule has 0 aromatic carbocycles. The molecule has 0 saturated heterocycles. The van der Waals surface area contributed by atoms with Gasteiger partial charge in [0, 0.05) is 5.90 Å². The van der Waals surface area contributed by atoms with E-state index in [1.54, 1.807) is 4.99 Å². The summed E-state index contributed by atoms with van der Waals surface area (Å²) in [5.41, 5.74) is 0. The van der Waals surface area contributed by atoms with E-state index in [2.05, 4.69) is 0 Å². The van der Waals surface area contributed by atoms with Crippen molar-refractivity contribution in [2.45, 2.75) is 17.8 Å². The number of aliphatic imine (C=N–C) groups is 1. The van der Waals surface area contributed by atoms with E-state index in [1.165, 1.54) is 0 Å². The first kappa shape index (κ1) is 10.8. The Morgan fingerprint density at radius 2 is 1.43 bits per heavy atom. The van der Waals surface area contributed by atoms with Crippen molar-refractivity contribution in [2.75, 3.05) is 0 Å². The molecule has 0 radical (unpaired) electrons. The Bertz CT molecular complexity index is 322. The Labute approximate surface area is 72.0 Å². The number of carbonyl (C=O) groups excluding carboxylic acids is 1. The van der Waals surface area contributed by atoms with Crippen LogP contribution in [0.5, 0.6) is 0 Å². The van der Waals surface area contributed by atoms with Gasteiger partial charge in [0.15, 0.2) is 0 Å². The molecule has 0 fully saturated rings. The van der Waals surface area contributed by atoms with Crippen LogP contribution in [0.1, 0.15) is 0 Å². The van der Waals surface area contributed by atoms with E-state index in [0.29, 0.717) is 0 Å². The Kier molecular flexibility index (Phi) is 1.85. The summed E-state index contributed by atoms with van der Waals surface area (Å²) < 4.78 is 73.4. The molecule has 0 unspecified atom stereocenters. The largest absolute Gasteiger partial charge is 0.857 e. The van der Waals surface area contributed by atoms with Crippen LogP contribution in [0.3, 0.4) is 0 Å². The SMILES string of the molecule is O=C1N=C([O-])C(F)(F)C(F)(F)C1(F)F. The van der Waals surface area contributed by atoms with Gasteiger partial charge >= 0.3 is 23.7 Å². The van der Waals surface area contributed by atoms with Gasteiger partial charge in [-0.3, -0.25) is 4.79 Å². The van der Waals surface area contributed by atoms with Crippen LogP contribution in [0.2, 0.25) is 0 Å². The first-order valence-electron chi connectivity index (χ1n) is 2.99. The summed E-state index contributed by atoms with van der Waals surface area (Å²) >= 11 is 0. The zero-order chi connectivity index (χ0) is 11.4. The van der Waals surface area contributed by atoms with Gasteiger partial charge in [-0.25, -0.2) is 4.99 Å². The molecular weight excluding hydrogens is 220 g/mol. The van der Waals surface area contributed by atoms with Crippen LogP contribution in [-0.4, -0.2) is 29.6 Å². The first-order chi connectivity index (χ1) is 6.05. The molecule has 1 aliphatic heterocycles. The lowest BCUT2D eigenvalue weighted by molar-refractivity contribution is -0.320. The molecule has 80 valence electrons. The maximum atomic E-state index is 12.3. The van der Waals surface area contributed by atoms with Crippen LogP contribution < -0.4 is 5.11 Å². The van der Waals surface area contributed by atoms with Gasteiger partial charge < -0.3 is 5.11 Å². The molecule has 1 rings (SSSR count). The van der Waals surface area contributed by atoms with Crippen molar-refractivity contribution in [1.29, 1.82) is 0 Å². The van der Waals surface area contributed by atoms with Gasteiger partial charge in [-0.05, 0) is 0 Å². The molecule has 0 saturated carbocycles. The summed E-state index contributed by atoms with van der Waals surface area (Å²) in [6.45, 7) is 0. The minimum absolute atomic E-state index is 1.63. The van der Waals surface area contributed by atoms with E-state index in [9.17, 15) is 36.2 Å². The summed E-state index contributed by atoms with van der Waals surface area (Å²) in [4.78, 5) is 11.7. The van der Waals surface area contributed by atoms with Crippen molar-refractivity contribution in [2.24, 2.45) is 4.99 Å². The molecule has 14 heavy (non-hydrogen) atoms. The number of hydrogen-bond acceptors (Lipinski definition) is 2. The van der Waals surface area contributed by atoms with Gasteiger partial charge in [0.05, 0.1) is 0 Å². The summed E-state index contributed by atoms with van der Waals surface area (Å²) in [5, 5.41) is 10.1.